The van der Waals surface area contributed by atoms with E-state index in [1.165, 1.54) is 18.3 Å². The van der Waals surface area contributed by atoms with Gasteiger partial charge in [0.1, 0.15) is 12.2 Å². The van der Waals surface area contributed by atoms with Gasteiger partial charge in [-0.25, -0.2) is 0 Å². The second-order valence-corrected chi connectivity index (χ2v) is 4.95. The molecule has 8 heteroatoms. The summed E-state index contributed by atoms with van der Waals surface area (Å²) in [7, 11) is 0. The van der Waals surface area contributed by atoms with Crippen molar-refractivity contribution < 1.29 is 18.0 Å². The molecule has 0 radical (unpaired) electrons. The van der Waals surface area contributed by atoms with Crippen molar-refractivity contribution in [3.05, 3.63) is 35.8 Å². The van der Waals surface area contributed by atoms with Crippen LogP contribution in [0.15, 0.2) is 24.4 Å². The van der Waals surface area contributed by atoms with Crippen LogP contribution in [-0.2, 0) is 6.54 Å². The smallest absolute Gasteiger partial charge is 0.334 e. The molecule has 0 spiro atoms. The molecule has 0 atom stereocenters. The highest BCUT2D eigenvalue weighted by Gasteiger charge is 2.29. The molecule has 0 fully saturated rings. The van der Waals surface area contributed by atoms with Gasteiger partial charge in [0.05, 0.1) is 0 Å². The summed E-state index contributed by atoms with van der Waals surface area (Å²) < 4.78 is 38.1. The van der Waals surface area contributed by atoms with Crippen molar-refractivity contribution in [3.63, 3.8) is 0 Å². The van der Waals surface area contributed by atoms with E-state index < -0.39 is 18.6 Å². The van der Waals surface area contributed by atoms with Gasteiger partial charge in [0, 0.05) is 18.0 Å². The number of aromatic nitrogens is 3. The molecular formula is C13H15F3N4O. The molecule has 0 aromatic carbocycles. The number of rotatable bonds is 4. The number of anilines is 1. The van der Waals surface area contributed by atoms with E-state index >= 15 is 0 Å². The fourth-order valence-electron chi connectivity index (χ4n) is 1.83. The maximum atomic E-state index is 12.4. The third-order valence-electron chi connectivity index (χ3n) is 2.87. The summed E-state index contributed by atoms with van der Waals surface area (Å²) in [6.45, 7) is 2.70. The maximum absolute atomic E-state index is 12.4. The van der Waals surface area contributed by atoms with E-state index in [0.29, 0.717) is 0 Å². The lowest BCUT2D eigenvalue weighted by atomic mass is 10.1. The van der Waals surface area contributed by atoms with Crippen LogP contribution in [0.25, 0.3) is 0 Å². The van der Waals surface area contributed by atoms with E-state index in [1.807, 2.05) is 13.8 Å². The van der Waals surface area contributed by atoms with Gasteiger partial charge in [-0.3, -0.25) is 9.89 Å². The summed E-state index contributed by atoms with van der Waals surface area (Å²) in [5.74, 6) is -0.147. The zero-order chi connectivity index (χ0) is 15.6. The predicted molar refractivity (Wildman–Crippen MR) is 71.1 cm³/mol. The largest absolute Gasteiger partial charge is 0.406 e. The summed E-state index contributed by atoms with van der Waals surface area (Å²) in [6, 6.07) is 4.38. The Morgan fingerprint density at radius 1 is 1.48 bits per heavy atom. The number of hydrogen-bond acceptors (Lipinski definition) is 2. The highest BCUT2D eigenvalue weighted by atomic mass is 19.4. The first kappa shape index (κ1) is 15.1. The van der Waals surface area contributed by atoms with Crippen molar-refractivity contribution in [2.45, 2.75) is 32.5 Å². The minimum absolute atomic E-state index is 0.0681. The molecule has 0 unspecified atom stereocenters. The number of nitrogens with zero attached hydrogens (tertiary/aromatic N) is 2. The van der Waals surface area contributed by atoms with Crippen molar-refractivity contribution in [2.75, 3.05) is 5.32 Å². The number of carbonyl (C=O) groups is 1. The SMILES string of the molecule is CC(C)c1cc(NC(=O)c2cccn2CC(F)(F)F)n[nH]1. The lowest BCUT2D eigenvalue weighted by Gasteiger charge is -2.11. The minimum atomic E-state index is -4.38. The van der Waals surface area contributed by atoms with Gasteiger partial charge in [0.25, 0.3) is 5.91 Å². The molecule has 2 aromatic rings. The quantitative estimate of drug-likeness (QED) is 0.911. The van der Waals surface area contributed by atoms with Gasteiger partial charge < -0.3 is 9.88 Å². The normalized spacial score (nSPS) is 11.9. The molecular weight excluding hydrogens is 285 g/mol. The molecule has 2 rings (SSSR count). The zero-order valence-electron chi connectivity index (χ0n) is 11.5. The van der Waals surface area contributed by atoms with E-state index in [2.05, 4.69) is 15.5 Å². The second-order valence-electron chi connectivity index (χ2n) is 4.95. The molecule has 0 aliphatic rings. The third-order valence-corrected chi connectivity index (χ3v) is 2.87. The summed E-state index contributed by atoms with van der Waals surface area (Å²) >= 11 is 0. The van der Waals surface area contributed by atoms with Crippen LogP contribution in [0, 0.1) is 0 Å². The summed E-state index contributed by atoms with van der Waals surface area (Å²) in [4.78, 5) is 12.0. The Labute approximate surface area is 119 Å². The van der Waals surface area contributed by atoms with Gasteiger partial charge in [0.15, 0.2) is 5.82 Å². The van der Waals surface area contributed by atoms with Crippen LogP contribution in [0.1, 0.15) is 35.9 Å². The van der Waals surface area contributed by atoms with E-state index in [4.69, 9.17) is 0 Å². The van der Waals surface area contributed by atoms with E-state index in [0.717, 1.165) is 10.3 Å². The first-order valence-corrected chi connectivity index (χ1v) is 6.35. The highest BCUT2D eigenvalue weighted by molar-refractivity contribution is 6.02. The van der Waals surface area contributed by atoms with Gasteiger partial charge in [-0.2, -0.15) is 18.3 Å². The molecule has 0 aliphatic carbocycles. The van der Waals surface area contributed by atoms with E-state index in [-0.39, 0.29) is 17.4 Å². The highest BCUT2D eigenvalue weighted by Crippen LogP contribution is 2.20. The maximum Gasteiger partial charge on any atom is 0.406 e. The van der Waals surface area contributed by atoms with E-state index in [1.54, 1.807) is 6.07 Å². The molecule has 2 N–H and O–H groups in total. The van der Waals surface area contributed by atoms with Crippen LogP contribution in [0.2, 0.25) is 0 Å². The Bertz CT molecular complexity index is 627. The number of amides is 1. The van der Waals surface area contributed by atoms with Crippen molar-refractivity contribution in [1.29, 1.82) is 0 Å². The molecule has 0 bridgehead atoms. The number of aromatic amines is 1. The number of H-pyrrole nitrogens is 1. The molecule has 5 nitrogen and oxygen atoms in total. The molecule has 0 saturated heterocycles. The fourth-order valence-corrected chi connectivity index (χ4v) is 1.83. The average Bonchev–Trinajstić information content (AvgIpc) is 2.95. The summed E-state index contributed by atoms with van der Waals surface area (Å²) in [5, 5.41) is 9.14. The van der Waals surface area contributed by atoms with Crippen molar-refractivity contribution in [1.82, 2.24) is 14.8 Å². The van der Waals surface area contributed by atoms with Gasteiger partial charge >= 0.3 is 6.18 Å². The summed E-state index contributed by atoms with van der Waals surface area (Å²) in [6.07, 6.45) is -3.17. The van der Waals surface area contributed by atoms with Crippen LogP contribution in [0.3, 0.4) is 0 Å². The lowest BCUT2D eigenvalue weighted by molar-refractivity contribution is -0.140. The number of carbonyl (C=O) groups excluding carboxylic acids is 1. The molecule has 21 heavy (non-hydrogen) atoms. The number of nitrogens with one attached hydrogen (secondary N) is 2. The third kappa shape index (κ3) is 3.87. The van der Waals surface area contributed by atoms with Crippen LogP contribution in [-0.4, -0.2) is 26.8 Å². The van der Waals surface area contributed by atoms with Crippen LogP contribution < -0.4 is 5.32 Å². The van der Waals surface area contributed by atoms with E-state index in [9.17, 15) is 18.0 Å². The lowest BCUT2D eigenvalue weighted by Crippen LogP contribution is -2.23. The molecule has 2 heterocycles. The van der Waals surface area contributed by atoms with Crippen molar-refractivity contribution in [3.8, 4) is 0 Å². The molecule has 114 valence electrons. The molecule has 0 saturated carbocycles. The molecule has 2 aromatic heterocycles. The number of halogens is 3. The Kier molecular flexibility index (Phi) is 4.06. The second kappa shape index (κ2) is 5.63. The Morgan fingerprint density at radius 3 is 2.76 bits per heavy atom. The minimum Gasteiger partial charge on any atom is -0.334 e. The molecule has 0 aliphatic heterocycles. The Morgan fingerprint density at radius 2 is 2.19 bits per heavy atom. The van der Waals surface area contributed by atoms with Crippen LogP contribution >= 0.6 is 0 Å². The van der Waals surface area contributed by atoms with Gasteiger partial charge in [0.2, 0.25) is 0 Å². The average molecular weight is 300 g/mol. The van der Waals surface area contributed by atoms with Crippen LogP contribution in [0.4, 0.5) is 19.0 Å². The number of hydrogen-bond donors (Lipinski definition) is 2. The number of alkyl halides is 3. The van der Waals surface area contributed by atoms with Crippen LogP contribution in [0.5, 0.6) is 0 Å². The fraction of sp³-hybridized carbons (Fsp3) is 0.385. The zero-order valence-corrected chi connectivity index (χ0v) is 11.5. The Hall–Kier alpha value is -2.25. The monoisotopic (exact) mass is 300 g/mol. The van der Waals surface area contributed by atoms with Crippen molar-refractivity contribution >= 4 is 11.7 Å². The van der Waals surface area contributed by atoms with Gasteiger partial charge in [-0.1, -0.05) is 13.8 Å². The topological polar surface area (TPSA) is 62.7 Å². The van der Waals surface area contributed by atoms with Crippen molar-refractivity contribution in [2.24, 2.45) is 0 Å². The first-order chi connectivity index (χ1) is 9.76. The van der Waals surface area contributed by atoms with Gasteiger partial charge in [-0.05, 0) is 18.1 Å². The first-order valence-electron chi connectivity index (χ1n) is 6.35. The molecule has 1 amide bonds. The predicted octanol–water partition coefficient (Wildman–Crippen LogP) is 3.15. The van der Waals surface area contributed by atoms with Gasteiger partial charge in [-0.15, -0.1) is 0 Å². The standard InChI is InChI=1S/C13H15F3N4O/c1-8(2)9-6-11(19-18-9)17-12(21)10-4-3-5-20(10)7-13(14,15)16/h3-6,8H,7H2,1-2H3,(H2,17,18,19,21). The summed E-state index contributed by atoms with van der Waals surface area (Å²) in [5.41, 5.74) is 0.761. The Balaban J connectivity index is 2.11.